The molecule has 2 atom stereocenters. The molecule has 1 aliphatic carbocycles. The zero-order chi connectivity index (χ0) is 12.6. The van der Waals surface area contributed by atoms with Gasteiger partial charge in [-0.2, -0.15) is 0 Å². The Morgan fingerprint density at radius 1 is 1.50 bits per heavy atom. The molecule has 0 aliphatic heterocycles. The van der Waals surface area contributed by atoms with Gasteiger partial charge in [-0.3, -0.25) is 4.79 Å². The van der Waals surface area contributed by atoms with Crippen molar-refractivity contribution in [3.05, 3.63) is 11.6 Å². The Kier molecular flexibility index (Phi) is 3.51. The van der Waals surface area contributed by atoms with Crippen molar-refractivity contribution in [2.45, 2.75) is 53.9 Å². The molecule has 0 heterocycles. The number of carbonyl (C=O) groups is 1. The summed E-state index contributed by atoms with van der Waals surface area (Å²) in [7, 11) is 0. The topological polar surface area (TPSA) is 37.3 Å². The smallest absolute Gasteiger partial charge is 0.303 e. The molecule has 0 saturated heterocycles. The third-order valence-electron chi connectivity index (χ3n) is 4.91. The maximum absolute atomic E-state index is 10.9. The first kappa shape index (κ1) is 13.3. The SMILES string of the molecule is CC1=CCCC(C)(C)C1(C)C(C)CC(=O)O. The third-order valence-corrected chi connectivity index (χ3v) is 4.91. The lowest BCUT2D eigenvalue weighted by Crippen LogP contribution is -2.44. The highest BCUT2D eigenvalue weighted by Crippen LogP contribution is 2.55. The Morgan fingerprint density at radius 3 is 2.50 bits per heavy atom. The van der Waals surface area contributed by atoms with Gasteiger partial charge in [-0.25, -0.2) is 0 Å². The van der Waals surface area contributed by atoms with E-state index in [1.165, 1.54) is 5.57 Å². The van der Waals surface area contributed by atoms with Gasteiger partial charge in [0.1, 0.15) is 0 Å². The summed E-state index contributed by atoms with van der Waals surface area (Å²) in [5, 5.41) is 8.97. The van der Waals surface area contributed by atoms with E-state index in [1.54, 1.807) is 0 Å². The van der Waals surface area contributed by atoms with Crippen molar-refractivity contribution in [1.82, 2.24) is 0 Å². The molecule has 0 radical (unpaired) electrons. The monoisotopic (exact) mass is 224 g/mol. The zero-order valence-electron chi connectivity index (χ0n) is 11.1. The first-order valence-electron chi connectivity index (χ1n) is 6.11. The second-order valence-corrected chi connectivity index (χ2v) is 6.01. The van der Waals surface area contributed by atoms with E-state index in [0.717, 1.165) is 12.8 Å². The van der Waals surface area contributed by atoms with E-state index in [4.69, 9.17) is 5.11 Å². The summed E-state index contributed by atoms with van der Waals surface area (Å²) in [6.07, 6.45) is 4.80. The van der Waals surface area contributed by atoms with Crippen molar-refractivity contribution in [2.75, 3.05) is 0 Å². The van der Waals surface area contributed by atoms with Crippen LogP contribution in [0.1, 0.15) is 53.9 Å². The van der Waals surface area contributed by atoms with Gasteiger partial charge >= 0.3 is 5.97 Å². The summed E-state index contributed by atoms with van der Waals surface area (Å²) in [6.45, 7) is 11.0. The summed E-state index contributed by atoms with van der Waals surface area (Å²) >= 11 is 0. The van der Waals surface area contributed by atoms with E-state index in [1.807, 2.05) is 0 Å². The highest BCUT2D eigenvalue weighted by atomic mass is 16.4. The van der Waals surface area contributed by atoms with Gasteiger partial charge in [0.15, 0.2) is 0 Å². The molecular weight excluding hydrogens is 200 g/mol. The number of hydrogen-bond acceptors (Lipinski definition) is 1. The Balaban J connectivity index is 3.07. The van der Waals surface area contributed by atoms with Gasteiger partial charge in [-0.15, -0.1) is 0 Å². The number of carboxylic acids is 1. The van der Waals surface area contributed by atoms with Crippen molar-refractivity contribution in [3.63, 3.8) is 0 Å². The molecule has 0 fully saturated rings. The number of rotatable bonds is 3. The van der Waals surface area contributed by atoms with Gasteiger partial charge < -0.3 is 5.11 Å². The van der Waals surface area contributed by atoms with Crippen LogP contribution in [0, 0.1) is 16.7 Å². The first-order chi connectivity index (χ1) is 7.22. The molecule has 0 spiro atoms. The van der Waals surface area contributed by atoms with Crippen molar-refractivity contribution >= 4 is 5.97 Å². The van der Waals surface area contributed by atoms with Crippen LogP contribution in [0.4, 0.5) is 0 Å². The average molecular weight is 224 g/mol. The van der Waals surface area contributed by atoms with Crippen LogP contribution in [0.2, 0.25) is 0 Å². The van der Waals surface area contributed by atoms with Gasteiger partial charge in [-0.1, -0.05) is 39.3 Å². The molecule has 16 heavy (non-hydrogen) atoms. The average Bonchev–Trinajstić information content (AvgIpc) is 2.12. The van der Waals surface area contributed by atoms with Crippen LogP contribution in [0.25, 0.3) is 0 Å². The standard InChI is InChI=1S/C14H24O2/c1-10-7-6-8-13(3,4)14(10,5)11(2)9-12(15)16/h7,11H,6,8-9H2,1-5H3,(H,15,16). The minimum Gasteiger partial charge on any atom is -0.481 e. The van der Waals surface area contributed by atoms with Crippen LogP contribution >= 0.6 is 0 Å². The minimum atomic E-state index is -0.692. The normalized spacial score (nSPS) is 30.7. The fourth-order valence-corrected chi connectivity index (χ4v) is 3.18. The van der Waals surface area contributed by atoms with Crippen LogP contribution in [-0.4, -0.2) is 11.1 Å². The van der Waals surface area contributed by atoms with Gasteiger partial charge in [-0.05, 0) is 36.5 Å². The molecule has 1 aliphatic rings. The predicted octanol–water partition coefficient (Wildman–Crippen LogP) is 3.87. The van der Waals surface area contributed by atoms with Crippen molar-refractivity contribution < 1.29 is 9.90 Å². The molecular formula is C14H24O2. The molecule has 92 valence electrons. The number of hydrogen-bond donors (Lipinski definition) is 1. The largest absolute Gasteiger partial charge is 0.481 e. The second-order valence-electron chi connectivity index (χ2n) is 6.01. The fraction of sp³-hybridized carbons (Fsp3) is 0.786. The Morgan fingerprint density at radius 2 is 2.06 bits per heavy atom. The van der Waals surface area contributed by atoms with Crippen molar-refractivity contribution in [3.8, 4) is 0 Å². The number of allylic oxidation sites excluding steroid dienone is 2. The van der Waals surface area contributed by atoms with E-state index in [2.05, 4.69) is 40.7 Å². The molecule has 2 unspecified atom stereocenters. The molecule has 0 aromatic carbocycles. The Labute approximate surface area is 98.7 Å². The fourth-order valence-electron chi connectivity index (χ4n) is 3.18. The lowest BCUT2D eigenvalue weighted by Gasteiger charge is -2.51. The van der Waals surface area contributed by atoms with E-state index in [0.29, 0.717) is 0 Å². The summed E-state index contributed by atoms with van der Waals surface area (Å²) in [5.74, 6) is -0.514. The van der Waals surface area contributed by atoms with Crippen LogP contribution < -0.4 is 0 Å². The maximum Gasteiger partial charge on any atom is 0.303 e. The van der Waals surface area contributed by atoms with Gasteiger partial charge in [0, 0.05) is 6.42 Å². The van der Waals surface area contributed by atoms with Gasteiger partial charge in [0.2, 0.25) is 0 Å². The first-order valence-corrected chi connectivity index (χ1v) is 6.11. The van der Waals surface area contributed by atoms with E-state index < -0.39 is 5.97 Å². The molecule has 0 aromatic rings. The summed E-state index contributed by atoms with van der Waals surface area (Å²) in [5.41, 5.74) is 1.54. The Hall–Kier alpha value is -0.790. The molecule has 1 rings (SSSR count). The summed E-state index contributed by atoms with van der Waals surface area (Å²) in [6, 6.07) is 0. The maximum atomic E-state index is 10.9. The molecule has 0 aromatic heterocycles. The molecule has 1 N–H and O–H groups in total. The van der Waals surface area contributed by atoms with Crippen LogP contribution in [-0.2, 0) is 4.79 Å². The van der Waals surface area contributed by atoms with Crippen LogP contribution in [0.15, 0.2) is 11.6 Å². The molecule has 0 saturated carbocycles. The van der Waals surface area contributed by atoms with Crippen molar-refractivity contribution in [1.29, 1.82) is 0 Å². The van der Waals surface area contributed by atoms with Gasteiger partial charge in [0.25, 0.3) is 0 Å². The minimum absolute atomic E-state index is 0.00361. The van der Waals surface area contributed by atoms with Crippen molar-refractivity contribution in [2.24, 2.45) is 16.7 Å². The van der Waals surface area contributed by atoms with E-state index in [-0.39, 0.29) is 23.2 Å². The highest BCUT2D eigenvalue weighted by Gasteiger charge is 2.47. The molecule has 2 nitrogen and oxygen atoms in total. The lowest BCUT2D eigenvalue weighted by atomic mass is 9.53. The molecule has 0 amide bonds. The number of carboxylic acid groups (broad SMARTS) is 1. The second kappa shape index (κ2) is 4.23. The molecule has 2 heteroatoms. The third kappa shape index (κ3) is 2.02. The Bertz CT molecular complexity index is 315. The van der Waals surface area contributed by atoms with Crippen LogP contribution in [0.5, 0.6) is 0 Å². The lowest BCUT2D eigenvalue weighted by molar-refractivity contribution is -0.139. The zero-order valence-corrected chi connectivity index (χ0v) is 11.1. The van der Waals surface area contributed by atoms with E-state index in [9.17, 15) is 4.79 Å². The molecule has 0 bridgehead atoms. The van der Waals surface area contributed by atoms with Crippen LogP contribution in [0.3, 0.4) is 0 Å². The quantitative estimate of drug-likeness (QED) is 0.739. The van der Waals surface area contributed by atoms with E-state index >= 15 is 0 Å². The summed E-state index contributed by atoms with van der Waals surface area (Å²) in [4.78, 5) is 10.9. The number of aliphatic carboxylic acids is 1. The predicted molar refractivity (Wildman–Crippen MR) is 66.3 cm³/mol. The highest BCUT2D eigenvalue weighted by molar-refractivity contribution is 5.67. The summed E-state index contributed by atoms with van der Waals surface area (Å²) < 4.78 is 0. The van der Waals surface area contributed by atoms with Gasteiger partial charge in [0.05, 0.1) is 0 Å².